The third kappa shape index (κ3) is 2.84. The Hall–Kier alpha value is -1.84. The molecule has 0 unspecified atom stereocenters. The molecule has 4 heteroatoms. The number of amidine groups is 1. The van der Waals surface area contributed by atoms with Crippen LogP contribution in [0, 0.1) is 5.92 Å². The molecule has 0 bridgehead atoms. The van der Waals surface area contributed by atoms with Crippen LogP contribution in [0.3, 0.4) is 0 Å². The van der Waals surface area contributed by atoms with Crippen molar-refractivity contribution in [2.24, 2.45) is 10.9 Å². The van der Waals surface area contributed by atoms with Gasteiger partial charge in [-0.25, -0.2) is 5.01 Å². The smallest absolute Gasteiger partial charge is 0.253 e. The second-order valence-corrected chi connectivity index (χ2v) is 4.53. The van der Waals surface area contributed by atoms with E-state index in [1.165, 1.54) is 0 Å². The molecule has 1 aromatic rings. The lowest BCUT2D eigenvalue weighted by Crippen LogP contribution is -2.35. The van der Waals surface area contributed by atoms with E-state index in [2.05, 4.69) is 24.3 Å². The Labute approximate surface area is 101 Å². The normalized spacial score (nSPS) is 17.9. The van der Waals surface area contributed by atoms with Crippen LogP contribution in [-0.2, 0) is 4.79 Å². The number of nitrogens with one attached hydrogen (secondary N) is 1. The summed E-state index contributed by atoms with van der Waals surface area (Å²) in [5, 5.41) is 1.55. The van der Waals surface area contributed by atoms with Gasteiger partial charge in [0.05, 0.1) is 12.1 Å². The molecule has 90 valence electrons. The Bertz CT molecular complexity index is 426. The number of carbonyl (C=O) groups excluding carboxylic acids is 1. The largest absolute Gasteiger partial charge is 0.278 e. The van der Waals surface area contributed by atoms with Crippen molar-refractivity contribution in [3.8, 4) is 0 Å². The number of aliphatic imine (C=N–C) groups is 1. The molecule has 1 saturated heterocycles. The fraction of sp³-hybridized carbons (Fsp3) is 0.385. The zero-order valence-electron chi connectivity index (χ0n) is 10.2. The maximum atomic E-state index is 11.8. The predicted molar refractivity (Wildman–Crippen MR) is 68.8 cm³/mol. The van der Waals surface area contributed by atoms with Crippen molar-refractivity contribution in [3.63, 3.8) is 0 Å². The number of hydrazine groups is 1. The van der Waals surface area contributed by atoms with Crippen molar-refractivity contribution in [2.75, 3.05) is 11.6 Å². The van der Waals surface area contributed by atoms with E-state index < -0.39 is 0 Å². The molecule has 0 aromatic heterocycles. The molecular weight excluding hydrogens is 214 g/mol. The van der Waals surface area contributed by atoms with Gasteiger partial charge < -0.3 is 0 Å². The molecule has 1 N–H and O–H groups in total. The molecule has 17 heavy (non-hydrogen) atoms. The van der Waals surface area contributed by atoms with Crippen LogP contribution >= 0.6 is 0 Å². The highest BCUT2D eigenvalue weighted by atomic mass is 16.2. The Morgan fingerprint density at radius 3 is 2.71 bits per heavy atom. The molecule has 0 atom stereocenters. The zero-order chi connectivity index (χ0) is 12.3. The topological polar surface area (TPSA) is 44.7 Å². The second-order valence-electron chi connectivity index (χ2n) is 4.53. The number of para-hydroxylation sites is 1. The van der Waals surface area contributed by atoms with Crippen LogP contribution in [0.2, 0.25) is 0 Å². The van der Waals surface area contributed by atoms with Gasteiger partial charge in [-0.1, -0.05) is 32.0 Å². The first-order valence-corrected chi connectivity index (χ1v) is 5.85. The van der Waals surface area contributed by atoms with E-state index in [9.17, 15) is 4.79 Å². The molecule has 1 heterocycles. The maximum Gasteiger partial charge on any atom is 0.253 e. The lowest BCUT2D eigenvalue weighted by atomic mass is 10.2. The van der Waals surface area contributed by atoms with Gasteiger partial charge >= 0.3 is 0 Å². The number of rotatable bonds is 3. The van der Waals surface area contributed by atoms with Gasteiger partial charge in [0.1, 0.15) is 5.84 Å². The number of benzene rings is 1. The van der Waals surface area contributed by atoms with E-state index in [4.69, 9.17) is 0 Å². The molecule has 1 fully saturated rings. The molecule has 0 radical (unpaired) electrons. The lowest BCUT2D eigenvalue weighted by molar-refractivity contribution is -0.116. The Morgan fingerprint density at radius 1 is 1.35 bits per heavy atom. The van der Waals surface area contributed by atoms with Gasteiger partial charge in [-0.05, 0) is 18.1 Å². The molecule has 1 aliphatic rings. The molecule has 1 amide bonds. The fourth-order valence-corrected chi connectivity index (χ4v) is 1.62. The van der Waals surface area contributed by atoms with Crippen LogP contribution in [0.5, 0.6) is 0 Å². The maximum absolute atomic E-state index is 11.8. The minimum atomic E-state index is 0.0405. The fourth-order valence-electron chi connectivity index (χ4n) is 1.62. The minimum absolute atomic E-state index is 0.0405. The number of anilines is 1. The quantitative estimate of drug-likeness (QED) is 0.864. The number of amides is 1. The highest BCUT2D eigenvalue weighted by Crippen LogP contribution is 2.16. The summed E-state index contributed by atoms with van der Waals surface area (Å²) in [4.78, 5) is 16.2. The van der Waals surface area contributed by atoms with Gasteiger partial charge in [0.2, 0.25) is 0 Å². The summed E-state index contributed by atoms with van der Waals surface area (Å²) in [5.74, 6) is 1.30. The van der Waals surface area contributed by atoms with E-state index in [1.54, 1.807) is 5.01 Å². The molecular formula is C13H17N3O. The summed E-state index contributed by atoms with van der Waals surface area (Å²) in [7, 11) is 0. The third-order valence-corrected chi connectivity index (χ3v) is 2.47. The number of hydrogen-bond donors (Lipinski definition) is 1. The summed E-state index contributed by atoms with van der Waals surface area (Å²) in [6.45, 7) is 4.96. The van der Waals surface area contributed by atoms with Gasteiger partial charge in [0.15, 0.2) is 0 Å². The highest BCUT2D eigenvalue weighted by molar-refractivity contribution is 6.13. The van der Waals surface area contributed by atoms with Crippen molar-refractivity contribution >= 4 is 17.4 Å². The lowest BCUT2D eigenvalue weighted by Gasteiger charge is -2.15. The van der Waals surface area contributed by atoms with Crippen LogP contribution in [0.15, 0.2) is 35.3 Å². The van der Waals surface area contributed by atoms with E-state index in [0.717, 1.165) is 18.1 Å². The van der Waals surface area contributed by atoms with Gasteiger partial charge in [0.25, 0.3) is 5.91 Å². The minimum Gasteiger partial charge on any atom is -0.278 e. The standard InChI is InChI=1S/C13H17N3O/c1-10(2)9-14-12-8-13(17)16(15-12)11-6-4-3-5-7-11/h3-7,10H,8-9H2,1-2H3,(H,14,15). The van der Waals surface area contributed by atoms with E-state index in [1.807, 2.05) is 30.3 Å². The highest BCUT2D eigenvalue weighted by Gasteiger charge is 2.26. The Kier molecular flexibility index (Phi) is 3.42. The SMILES string of the molecule is CC(C)CN=C1CC(=O)N(c2ccccc2)N1. The number of nitrogens with zero attached hydrogens (tertiary/aromatic N) is 2. The average Bonchev–Trinajstić information content (AvgIpc) is 2.69. The Balaban J connectivity index is 2.08. The number of carbonyl (C=O) groups is 1. The first kappa shape index (κ1) is 11.6. The molecule has 2 rings (SSSR count). The van der Waals surface area contributed by atoms with Gasteiger partial charge in [0, 0.05) is 6.54 Å². The third-order valence-electron chi connectivity index (χ3n) is 2.47. The zero-order valence-corrected chi connectivity index (χ0v) is 10.2. The first-order chi connectivity index (χ1) is 8.16. The molecule has 1 aromatic carbocycles. The van der Waals surface area contributed by atoms with E-state index in [0.29, 0.717) is 12.3 Å². The van der Waals surface area contributed by atoms with E-state index >= 15 is 0 Å². The molecule has 0 aliphatic carbocycles. The van der Waals surface area contributed by atoms with Crippen LogP contribution in [0.25, 0.3) is 0 Å². The van der Waals surface area contributed by atoms with Crippen molar-refractivity contribution in [2.45, 2.75) is 20.3 Å². The molecule has 0 spiro atoms. The summed E-state index contributed by atoms with van der Waals surface area (Å²) in [6.07, 6.45) is 0.363. The predicted octanol–water partition coefficient (Wildman–Crippen LogP) is 1.98. The van der Waals surface area contributed by atoms with Gasteiger partial charge in [-0.15, -0.1) is 0 Å². The van der Waals surface area contributed by atoms with Crippen molar-refractivity contribution < 1.29 is 4.79 Å². The average molecular weight is 231 g/mol. The Morgan fingerprint density at radius 2 is 2.06 bits per heavy atom. The van der Waals surface area contributed by atoms with Gasteiger partial charge in [-0.2, -0.15) is 0 Å². The van der Waals surface area contributed by atoms with Crippen LogP contribution < -0.4 is 10.4 Å². The molecule has 0 saturated carbocycles. The van der Waals surface area contributed by atoms with Crippen LogP contribution in [-0.4, -0.2) is 18.3 Å². The summed E-state index contributed by atoms with van der Waals surface area (Å²) in [6, 6.07) is 9.55. The monoisotopic (exact) mass is 231 g/mol. The molecule has 1 aliphatic heterocycles. The van der Waals surface area contributed by atoms with Crippen LogP contribution in [0.1, 0.15) is 20.3 Å². The summed E-state index contributed by atoms with van der Waals surface area (Å²) >= 11 is 0. The number of hydrogen-bond acceptors (Lipinski definition) is 2. The van der Waals surface area contributed by atoms with E-state index in [-0.39, 0.29) is 5.91 Å². The summed E-state index contributed by atoms with van der Waals surface area (Å²) in [5.41, 5.74) is 3.90. The second kappa shape index (κ2) is 4.99. The van der Waals surface area contributed by atoms with Crippen molar-refractivity contribution in [3.05, 3.63) is 30.3 Å². The van der Waals surface area contributed by atoms with Gasteiger partial charge in [-0.3, -0.25) is 15.2 Å². The first-order valence-electron chi connectivity index (χ1n) is 5.85. The van der Waals surface area contributed by atoms with Crippen molar-refractivity contribution in [1.82, 2.24) is 5.43 Å². The van der Waals surface area contributed by atoms with Crippen molar-refractivity contribution in [1.29, 1.82) is 0 Å². The summed E-state index contributed by atoms with van der Waals surface area (Å²) < 4.78 is 0. The molecule has 4 nitrogen and oxygen atoms in total. The van der Waals surface area contributed by atoms with Crippen LogP contribution in [0.4, 0.5) is 5.69 Å².